The summed E-state index contributed by atoms with van der Waals surface area (Å²) in [6, 6.07) is 4.03. The molecule has 1 unspecified atom stereocenters. The second-order valence-electron chi connectivity index (χ2n) is 5.70. The van der Waals surface area contributed by atoms with Crippen molar-refractivity contribution < 1.29 is 28.0 Å². The van der Waals surface area contributed by atoms with Crippen molar-refractivity contribution in [1.82, 2.24) is 9.78 Å². The molecule has 0 bridgehead atoms. The van der Waals surface area contributed by atoms with E-state index in [9.17, 15) is 33.2 Å². The number of halogens is 3. The van der Waals surface area contributed by atoms with E-state index in [0.717, 1.165) is 22.9 Å². The lowest BCUT2D eigenvalue weighted by Crippen LogP contribution is -2.25. The number of carbonyl (C=O) groups excluding carboxylic acids is 1. The van der Waals surface area contributed by atoms with Crippen molar-refractivity contribution in [2.24, 2.45) is 5.92 Å². The molecule has 1 aromatic heterocycles. The summed E-state index contributed by atoms with van der Waals surface area (Å²) in [5.41, 5.74) is -1.19. The zero-order valence-electron chi connectivity index (χ0n) is 13.7. The van der Waals surface area contributed by atoms with E-state index in [2.05, 4.69) is 10.4 Å². The highest BCUT2D eigenvalue weighted by Gasteiger charge is 2.34. The van der Waals surface area contributed by atoms with E-state index in [1.807, 2.05) is 0 Å². The van der Waals surface area contributed by atoms with Gasteiger partial charge in [-0.3, -0.25) is 19.6 Å². The van der Waals surface area contributed by atoms with Crippen LogP contribution in [0.3, 0.4) is 0 Å². The van der Waals surface area contributed by atoms with Crippen LogP contribution in [0.1, 0.15) is 18.3 Å². The number of aromatic hydroxyl groups is 1. The topological polar surface area (TPSA) is 110 Å². The third-order valence-corrected chi connectivity index (χ3v) is 3.62. The number of hydrogen-bond acceptors (Lipinski definition) is 5. The number of hydrogen-bond donors (Lipinski definition) is 2. The average Bonchev–Trinajstić information content (AvgIpc) is 2.90. The fourth-order valence-corrected chi connectivity index (χ4v) is 2.17. The lowest BCUT2D eigenvalue weighted by molar-refractivity contribution is -0.384. The van der Waals surface area contributed by atoms with Crippen LogP contribution in [0.5, 0.6) is 5.75 Å². The maximum atomic E-state index is 12.7. The molecule has 0 saturated carbocycles. The van der Waals surface area contributed by atoms with Crippen molar-refractivity contribution in [3.8, 4) is 5.75 Å². The summed E-state index contributed by atoms with van der Waals surface area (Å²) in [4.78, 5) is 22.1. The number of non-ortho nitro benzene ring substituents is 1. The molecule has 1 heterocycles. The highest BCUT2D eigenvalue weighted by atomic mass is 19.4. The smallest absolute Gasteiger partial charge is 0.435 e. The van der Waals surface area contributed by atoms with Gasteiger partial charge in [0.1, 0.15) is 5.75 Å². The first kappa shape index (κ1) is 19.2. The molecule has 0 aliphatic heterocycles. The Hall–Kier alpha value is -3.11. The van der Waals surface area contributed by atoms with Crippen LogP contribution >= 0.6 is 0 Å². The van der Waals surface area contributed by atoms with Crippen LogP contribution in [0.25, 0.3) is 0 Å². The number of rotatable bonds is 5. The van der Waals surface area contributed by atoms with Gasteiger partial charge in [-0.1, -0.05) is 6.92 Å². The number of anilines is 1. The van der Waals surface area contributed by atoms with E-state index in [0.29, 0.717) is 0 Å². The predicted molar refractivity (Wildman–Crippen MR) is 84.5 cm³/mol. The molecule has 0 aliphatic rings. The van der Waals surface area contributed by atoms with E-state index in [-0.39, 0.29) is 23.6 Å². The lowest BCUT2D eigenvalue weighted by Gasteiger charge is -2.14. The lowest BCUT2D eigenvalue weighted by atomic mass is 10.1. The number of nitrogens with one attached hydrogen (secondary N) is 1. The predicted octanol–water partition coefficient (Wildman–Crippen LogP) is 3.10. The average molecular weight is 372 g/mol. The summed E-state index contributed by atoms with van der Waals surface area (Å²) in [6.45, 7) is 2.81. The molecule has 2 rings (SSSR count). The van der Waals surface area contributed by atoms with Crippen molar-refractivity contribution in [2.75, 3.05) is 5.32 Å². The molecule has 26 heavy (non-hydrogen) atoms. The number of benzene rings is 1. The molecule has 2 aromatic rings. The monoisotopic (exact) mass is 372 g/mol. The van der Waals surface area contributed by atoms with Crippen LogP contribution in [0.4, 0.5) is 24.5 Å². The molecule has 0 saturated heterocycles. The Bertz CT molecular complexity index is 848. The second-order valence-corrected chi connectivity index (χ2v) is 5.70. The number of nitro groups is 1. The molecule has 11 heteroatoms. The highest BCUT2D eigenvalue weighted by molar-refractivity contribution is 5.93. The molecule has 1 aromatic carbocycles. The van der Waals surface area contributed by atoms with Crippen LogP contribution in [-0.2, 0) is 17.5 Å². The molecule has 1 amide bonds. The van der Waals surface area contributed by atoms with Crippen molar-refractivity contribution >= 4 is 17.3 Å². The van der Waals surface area contributed by atoms with Gasteiger partial charge >= 0.3 is 6.18 Å². The summed E-state index contributed by atoms with van der Waals surface area (Å²) in [6.07, 6.45) is -4.58. The molecule has 8 nitrogen and oxygen atoms in total. The van der Waals surface area contributed by atoms with Crippen molar-refractivity contribution in [1.29, 1.82) is 0 Å². The van der Waals surface area contributed by atoms with Gasteiger partial charge in [-0.05, 0) is 19.1 Å². The minimum atomic E-state index is -4.58. The molecule has 140 valence electrons. The Morgan fingerprint density at radius 3 is 2.58 bits per heavy atom. The largest absolute Gasteiger partial charge is 0.506 e. The van der Waals surface area contributed by atoms with Crippen molar-refractivity contribution in [2.45, 2.75) is 26.6 Å². The van der Waals surface area contributed by atoms with Gasteiger partial charge in [0.2, 0.25) is 5.91 Å². The van der Waals surface area contributed by atoms with Crippen LogP contribution in [0, 0.1) is 23.0 Å². The van der Waals surface area contributed by atoms with Gasteiger partial charge in [-0.25, -0.2) is 0 Å². The first-order valence-electron chi connectivity index (χ1n) is 7.39. The summed E-state index contributed by atoms with van der Waals surface area (Å²) in [5, 5.41) is 26.2. The zero-order valence-corrected chi connectivity index (χ0v) is 13.7. The molecule has 0 fully saturated rings. The minimum Gasteiger partial charge on any atom is -0.506 e. The molecule has 2 N–H and O–H groups in total. The van der Waals surface area contributed by atoms with E-state index >= 15 is 0 Å². The number of phenols is 1. The number of amides is 1. The van der Waals surface area contributed by atoms with Gasteiger partial charge in [-0.2, -0.15) is 18.3 Å². The second kappa shape index (κ2) is 7.02. The van der Waals surface area contributed by atoms with Gasteiger partial charge in [0.05, 0.1) is 29.1 Å². The first-order chi connectivity index (χ1) is 12.0. The van der Waals surface area contributed by atoms with Gasteiger partial charge in [0, 0.05) is 11.8 Å². The number of phenolic OH excluding ortho intramolecular Hbond substituents is 1. The third kappa shape index (κ3) is 4.29. The molecule has 0 spiro atoms. The van der Waals surface area contributed by atoms with E-state index in [1.165, 1.54) is 19.9 Å². The zero-order chi connectivity index (χ0) is 19.6. The number of aryl methyl sites for hydroxylation is 1. The Labute approximate surface area is 145 Å². The Morgan fingerprint density at radius 1 is 1.42 bits per heavy atom. The molecule has 0 radical (unpaired) electrons. The van der Waals surface area contributed by atoms with E-state index < -0.39 is 34.4 Å². The summed E-state index contributed by atoms with van der Waals surface area (Å²) < 4.78 is 39.1. The molecular weight excluding hydrogens is 357 g/mol. The number of aromatic nitrogens is 2. The number of carbonyl (C=O) groups is 1. The summed E-state index contributed by atoms with van der Waals surface area (Å²) in [7, 11) is 0. The third-order valence-electron chi connectivity index (χ3n) is 3.62. The van der Waals surface area contributed by atoms with Gasteiger partial charge < -0.3 is 10.4 Å². The Kier molecular flexibility index (Phi) is 5.19. The van der Waals surface area contributed by atoms with Crippen molar-refractivity contribution in [3.05, 3.63) is 45.8 Å². The van der Waals surface area contributed by atoms with Crippen molar-refractivity contribution in [3.63, 3.8) is 0 Å². The quantitative estimate of drug-likeness (QED) is 0.476. The summed E-state index contributed by atoms with van der Waals surface area (Å²) in [5.74, 6) is -1.85. The maximum absolute atomic E-state index is 12.7. The first-order valence-corrected chi connectivity index (χ1v) is 7.39. The van der Waals surface area contributed by atoms with Gasteiger partial charge in [0.15, 0.2) is 5.69 Å². The Balaban J connectivity index is 2.09. The number of nitrogens with zero attached hydrogens (tertiary/aromatic N) is 3. The fourth-order valence-electron chi connectivity index (χ4n) is 2.17. The number of nitro benzene ring substituents is 1. The van der Waals surface area contributed by atoms with Crippen LogP contribution in [0.2, 0.25) is 0 Å². The SMILES string of the molecule is Cc1cc(C(F)(F)F)nn1CC(C)C(=O)Nc1ccc([N+](=O)[O-])cc1O. The van der Waals surface area contributed by atoms with E-state index in [1.54, 1.807) is 0 Å². The maximum Gasteiger partial charge on any atom is 0.435 e. The summed E-state index contributed by atoms with van der Waals surface area (Å²) >= 11 is 0. The van der Waals surface area contributed by atoms with Crippen LogP contribution < -0.4 is 5.32 Å². The standard InChI is InChI=1S/C15H15F3N4O4/c1-8(7-21-9(2)5-13(20-21)15(16,17)18)14(24)19-11-4-3-10(22(25)26)6-12(11)23/h3-6,8,23H,7H2,1-2H3,(H,19,24). The van der Waals surface area contributed by atoms with Crippen LogP contribution in [0.15, 0.2) is 24.3 Å². The number of alkyl halides is 3. The van der Waals surface area contributed by atoms with E-state index in [4.69, 9.17) is 0 Å². The van der Waals surface area contributed by atoms with Crippen LogP contribution in [-0.4, -0.2) is 25.7 Å². The highest BCUT2D eigenvalue weighted by Crippen LogP contribution is 2.29. The minimum absolute atomic E-state index is 0.0411. The van der Waals surface area contributed by atoms with Gasteiger partial charge in [-0.15, -0.1) is 0 Å². The molecule has 1 atom stereocenters. The molecular formula is C15H15F3N4O4. The fraction of sp³-hybridized carbons (Fsp3) is 0.333. The van der Waals surface area contributed by atoms with Gasteiger partial charge in [0.25, 0.3) is 5.69 Å². The Morgan fingerprint density at radius 2 is 2.08 bits per heavy atom. The molecule has 0 aliphatic carbocycles. The normalized spacial score (nSPS) is 12.7.